The van der Waals surface area contributed by atoms with Crippen LogP contribution in [0.15, 0.2) is 241 Å². The van der Waals surface area contributed by atoms with Crippen LogP contribution in [-0.2, 0) is 5.41 Å². The summed E-state index contributed by atoms with van der Waals surface area (Å²) in [7, 11) is 0. The van der Waals surface area contributed by atoms with Crippen LogP contribution in [-0.4, -0.2) is 0 Å². The predicted octanol–water partition coefficient (Wildman–Crippen LogP) is 18.3. The molecule has 1 heterocycles. The Morgan fingerprint density at radius 2 is 0.940 bits per heavy atom. The quantitative estimate of drug-likeness (QED) is 0.159. The Morgan fingerprint density at radius 3 is 1.72 bits per heavy atom. The van der Waals surface area contributed by atoms with Crippen molar-refractivity contribution in [3.63, 3.8) is 0 Å². The highest BCUT2D eigenvalue weighted by atomic mass is 16.3. The first kappa shape index (κ1) is 39.0. The molecule has 1 aliphatic rings. The van der Waals surface area contributed by atoms with Gasteiger partial charge in [0.1, 0.15) is 11.2 Å². The zero-order valence-electron chi connectivity index (χ0n) is 37.4. The Balaban J connectivity index is 0.975. The third-order valence-electron chi connectivity index (χ3n) is 14.3. The van der Waals surface area contributed by atoms with Crippen LogP contribution in [0.2, 0.25) is 0 Å². The molecule has 0 N–H and O–H groups in total. The maximum Gasteiger partial charge on any atom is 0.143 e. The van der Waals surface area contributed by atoms with Crippen LogP contribution in [0.4, 0.5) is 17.1 Å². The first-order valence-electron chi connectivity index (χ1n) is 23.3. The van der Waals surface area contributed by atoms with Crippen molar-refractivity contribution in [1.29, 1.82) is 0 Å². The number of benzene rings is 11. The monoisotopic (exact) mass is 855 g/mol. The van der Waals surface area contributed by atoms with Gasteiger partial charge < -0.3 is 9.32 Å². The molecule has 0 radical (unpaired) electrons. The minimum absolute atomic E-state index is 0.265. The molecular formula is C65H45NO. The van der Waals surface area contributed by atoms with Gasteiger partial charge in [0.25, 0.3) is 0 Å². The predicted molar refractivity (Wildman–Crippen MR) is 283 cm³/mol. The van der Waals surface area contributed by atoms with Crippen molar-refractivity contribution in [3.05, 3.63) is 248 Å². The lowest BCUT2D eigenvalue weighted by Gasteiger charge is -2.30. The molecule has 0 atom stereocenters. The summed E-state index contributed by atoms with van der Waals surface area (Å²) in [5, 5.41) is 7.12. The van der Waals surface area contributed by atoms with E-state index in [1.807, 2.05) is 0 Å². The number of anilines is 3. The molecule has 67 heavy (non-hydrogen) atoms. The third-order valence-corrected chi connectivity index (χ3v) is 14.3. The van der Waals surface area contributed by atoms with E-state index in [4.69, 9.17) is 4.42 Å². The molecule has 0 spiro atoms. The molecule has 11 aromatic carbocycles. The Kier molecular flexibility index (Phi) is 8.91. The van der Waals surface area contributed by atoms with Crippen LogP contribution in [0.3, 0.4) is 0 Å². The van der Waals surface area contributed by atoms with E-state index in [1.54, 1.807) is 0 Å². The van der Waals surface area contributed by atoms with Gasteiger partial charge in [-0.3, -0.25) is 0 Å². The topological polar surface area (TPSA) is 16.4 Å². The maximum atomic E-state index is 6.69. The molecule has 316 valence electrons. The number of rotatable bonds is 7. The fraction of sp³-hybridized carbons (Fsp3) is 0.0462. The van der Waals surface area contributed by atoms with Crippen LogP contribution in [0.1, 0.15) is 25.0 Å². The fourth-order valence-corrected chi connectivity index (χ4v) is 11.1. The van der Waals surface area contributed by atoms with Crippen molar-refractivity contribution in [2.75, 3.05) is 4.90 Å². The zero-order valence-corrected chi connectivity index (χ0v) is 37.4. The molecular weight excluding hydrogens is 811 g/mol. The molecule has 0 bridgehead atoms. The minimum Gasteiger partial charge on any atom is -0.455 e. The molecule has 1 aliphatic carbocycles. The molecule has 0 aliphatic heterocycles. The van der Waals surface area contributed by atoms with Gasteiger partial charge in [-0.15, -0.1) is 0 Å². The van der Waals surface area contributed by atoms with Gasteiger partial charge in [-0.2, -0.15) is 0 Å². The van der Waals surface area contributed by atoms with Gasteiger partial charge in [0.05, 0.1) is 5.69 Å². The second-order valence-electron chi connectivity index (χ2n) is 18.4. The first-order valence-corrected chi connectivity index (χ1v) is 23.3. The van der Waals surface area contributed by atoms with Crippen molar-refractivity contribution < 1.29 is 4.42 Å². The van der Waals surface area contributed by atoms with Crippen LogP contribution >= 0.6 is 0 Å². The van der Waals surface area contributed by atoms with E-state index in [0.29, 0.717) is 0 Å². The minimum atomic E-state index is -0.265. The fourth-order valence-electron chi connectivity index (χ4n) is 11.1. The average molecular weight is 856 g/mol. The van der Waals surface area contributed by atoms with E-state index in [-0.39, 0.29) is 5.41 Å². The SMILES string of the molecule is CC1(C)c2cc(N(c3ccc(-c4cccc5cccc(-c6ccccc6)c45)cc3)c3ccccc3-c3ccccc3)ccc2-c2c(-c3cccc4oc5c6ccccc6ccc5c34)cccc21. The van der Waals surface area contributed by atoms with Crippen LogP contribution in [0.5, 0.6) is 0 Å². The van der Waals surface area contributed by atoms with E-state index in [0.717, 1.165) is 44.4 Å². The van der Waals surface area contributed by atoms with Crippen molar-refractivity contribution in [1.82, 2.24) is 0 Å². The molecule has 2 nitrogen and oxygen atoms in total. The zero-order chi connectivity index (χ0) is 44.6. The summed E-state index contributed by atoms with van der Waals surface area (Å²) in [5.74, 6) is 0. The second kappa shape index (κ2) is 15.3. The standard InChI is InChI=1S/C65H45NO/c1-65(2)57-30-15-28-53(54-29-16-32-60-63(54)56-39-35-44-21-9-10-25-52(44)64(56)67-60)62(57)55-40-38-48(41-58(55)65)66(59-31-12-11-24-49(59)42-17-5-3-6-18-42)47-36-33-45(34-37-47)51-27-14-23-46-22-13-26-50(61(46)51)43-19-7-4-8-20-43/h3-41H,1-2H3. The van der Waals surface area contributed by atoms with Crippen LogP contribution in [0, 0.1) is 0 Å². The van der Waals surface area contributed by atoms with E-state index in [9.17, 15) is 0 Å². The molecule has 13 rings (SSSR count). The molecule has 12 aromatic rings. The van der Waals surface area contributed by atoms with E-state index < -0.39 is 0 Å². The highest BCUT2D eigenvalue weighted by molar-refractivity contribution is 6.20. The van der Waals surface area contributed by atoms with Gasteiger partial charge in [0.2, 0.25) is 0 Å². The summed E-state index contributed by atoms with van der Waals surface area (Å²) in [6, 6.07) is 86.3. The van der Waals surface area contributed by atoms with Crippen LogP contribution < -0.4 is 4.90 Å². The summed E-state index contributed by atoms with van der Waals surface area (Å²) >= 11 is 0. The van der Waals surface area contributed by atoms with Crippen molar-refractivity contribution in [2.24, 2.45) is 0 Å². The van der Waals surface area contributed by atoms with Crippen molar-refractivity contribution in [2.45, 2.75) is 19.3 Å². The molecule has 1 aromatic heterocycles. The van der Waals surface area contributed by atoms with Gasteiger partial charge in [-0.1, -0.05) is 208 Å². The maximum absolute atomic E-state index is 6.69. The van der Waals surface area contributed by atoms with Gasteiger partial charge in [-0.05, 0) is 120 Å². The summed E-state index contributed by atoms with van der Waals surface area (Å²) in [4.78, 5) is 2.45. The van der Waals surface area contributed by atoms with E-state index in [2.05, 4.69) is 255 Å². The lowest BCUT2D eigenvalue weighted by molar-refractivity contribution is 0.660. The Hall–Kier alpha value is -8.46. The molecule has 0 amide bonds. The van der Waals surface area contributed by atoms with Crippen molar-refractivity contribution >= 4 is 60.5 Å². The van der Waals surface area contributed by atoms with Gasteiger partial charge in [-0.25, -0.2) is 0 Å². The lowest BCUT2D eigenvalue weighted by atomic mass is 9.81. The summed E-state index contributed by atoms with van der Waals surface area (Å²) < 4.78 is 6.69. The molecule has 2 heteroatoms. The average Bonchev–Trinajstić information content (AvgIpc) is 3.89. The lowest BCUT2D eigenvalue weighted by Crippen LogP contribution is -2.17. The first-order chi connectivity index (χ1) is 33.0. The Bertz CT molecular complexity index is 3870. The summed E-state index contributed by atoms with van der Waals surface area (Å²) in [6.07, 6.45) is 0. The van der Waals surface area contributed by atoms with Gasteiger partial charge in [0, 0.05) is 38.5 Å². The smallest absolute Gasteiger partial charge is 0.143 e. The normalized spacial score (nSPS) is 12.7. The summed E-state index contributed by atoms with van der Waals surface area (Å²) in [6.45, 7) is 4.77. The van der Waals surface area contributed by atoms with Gasteiger partial charge in [0.15, 0.2) is 0 Å². The summed E-state index contributed by atoms with van der Waals surface area (Å²) in [5.41, 5.74) is 19.7. The molecule has 0 saturated carbocycles. The highest BCUT2D eigenvalue weighted by Crippen LogP contribution is 2.55. The van der Waals surface area contributed by atoms with Crippen molar-refractivity contribution in [3.8, 4) is 55.6 Å². The van der Waals surface area contributed by atoms with E-state index >= 15 is 0 Å². The third kappa shape index (κ3) is 6.18. The number of hydrogen-bond acceptors (Lipinski definition) is 2. The second-order valence-corrected chi connectivity index (χ2v) is 18.4. The highest BCUT2D eigenvalue weighted by Gasteiger charge is 2.38. The number of hydrogen-bond donors (Lipinski definition) is 0. The number of para-hydroxylation sites is 1. The molecule has 0 unspecified atom stereocenters. The molecule has 0 saturated heterocycles. The Morgan fingerprint density at radius 1 is 0.358 bits per heavy atom. The largest absolute Gasteiger partial charge is 0.455 e. The number of fused-ring (bicyclic) bond motifs is 9. The van der Waals surface area contributed by atoms with E-state index in [1.165, 1.54) is 82.9 Å². The van der Waals surface area contributed by atoms with Gasteiger partial charge >= 0.3 is 0 Å². The molecule has 0 fully saturated rings. The number of furan rings is 1. The van der Waals surface area contributed by atoms with Crippen LogP contribution in [0.25, 0.3) is 99.1 Å². The Labute approximate surface area is 390 Å². The number of nitrogens with zero attached hydrogens (tertiary/aromatic N) is 1.